The van der Waals surface area contributed by atoms with Gasteiger partial charge in [0.2, 0.25) is 0 Å². The van der Waals surface area contributed by atoms with Crippen LogP contribution in [-0.2, 0) is 0 Å². The van der Waals surface area contributed by atoms with Crippen LogP contribution in [0.5, 0.6) is 11.5 Å². The lowest BCUT2D eigenvalue weighted by atomic mass is 10.0. The Bertz CT molecular complexity index is 2000. The number of likely N-dealkylation sites (N-methyl/N-ethyl adjacent to an activating group) is 1. The van der Waals surface area contributed by atoms with Gasteiger partial charge in [-0.25, -0.2) is 4.39 Å². The molecule has 0 bridgehead atoms. The van der Waals surface area contributed by atoms with E-state index in [4.69, 9.17) is 14.5 Å². The third-order valence-corrected chi connectivity index (χ3v) is 9.02. The monoisotopic (exact) mass is 730 g/mol. The van der Waals surface area contributed by atoms with Crippen molar-refractivity contribution in [3.05, 3.63) is 82.3 Å². The number of aromatic nitrogens is 4. The molecule has 1 aliphatic rings. The van der Waals surface area contributed by atoms with Crippen molar-refractivity contribution in [3.8, 4) is 45.3 Å². The molecule has 0 saturated carbocycles. The third kappa shape index (κ3) is 6.74. The Hall–Kier alpha value is -4.00. The molecule has 2 N–H and O–H groups in total. The smallest absolute Gasteiger partial charge is 0.127 e. The fourth-order valence-corrected chi connectivity index (χ4v) is 6.70. The Balaban J connectivity index is 1.19. The zero-order chi connectivity index (χ0) is 31.6. The second kappa shape index (κ2) is 13.4. The first kappa shape index (κ1) is 30.6. The lowest BCUT2D eigenvalue weighted by Crippen LogP contribution is -2.25. The predicted octanol–water partition coefficient (Wildman–Crippen LogP) is 7.60. The van der Waals surface area contributed by atoms with Gasteiger partial charge in [-0.3, -0.25) is 15.0 Å². The normalized spacial score (nSPS) is 13.8. The topological polar surface area (TPSA) is 82.3 Å². The van der Waals surface area contributed by atoms with Crippen molar-refractivity contribution in [2.24, 2.45) is 0 Å². The quantitative estimate of drug-likeness (QED) is 0.134. The number of halogens is 2. The summed E-state index contributed by atoms with van der Waals surface area (Å²) < 4.78 is 27.9. The Labute approximate surface area is 281 Å². The Morgan fingerprint density at radius 1 is 0.891 bits per heavy atom. The number of fused-ring (bicyclic) bond motifs is 2. The summed E-state index contributed by atoms with van der Waals surface area (Å²) in [5.74, 6) is 1.04. The molecule has 0 unspecified atom stereocenters. The summed E-state index contributed by atoms with van der Waals surface area (Å²) in [6.07, 6.45) is 4.29. The van der Waals surface area contributed by atoms with Crippen molar-refractivity contribution in [1.82, 2.24) is 30.0 Å². The van der Waals surface area contributed by atoms with Gasteiger partial charge < -0.3 is 19.4 Å². The molecule has 0 atom stereocenters. The number of aromatic amines is 2. The van der Waals surface area contributed by atoms with Crippen LogP contribution in [0.3, 0.4) is 0 Å². The molecule has 6 aromatic rings. The van der Waals surface area contributed by atoms with Crippen molar-refractivity contribution < 1.29 is 13.9 Å². The minimum Gasteiger partial charge on any atom is -0.492 e. The number of hydrogen-bond donors (Lipinski definition) is 2. The molecule has 10 heteroatoms. The first-order chi connectivity index (χ1) is 22.4. The summed E-state index contributed by atoms with van der Waals surface area (Å²) in [6.45, 7) is 5.05. The standard InChI is InChI=1S/C36H36FIN6O2/c1-43(2)10-12-45-28-17-24(15-26(38)19-28)33-21-31-35(22-39-33)41-42-36(31)34-20-30-29(6-5-7-32(30)40-34)23-14-25(37)18-27(16-23)46-13-11-44-8-3-4-9-44/h5-7,14-22,40H,3-4,8-13H2,1-2H3,(H,41,42). The Morgan fingerprint density at radius 2 is 1.70 bits per heavy atom. The fourth-order valence-electron chi connectivity index (χ4n) is 6.05. The number of benzene rings is 3. The van der Waals surface area contributed by atoms with E-state index in [9.17, 15) is 4.39 Å². The number of rotatable bonds is 11. The molecule has 1 fully saturated rings. The van der Waals surface area contributed by atoms with E-state index in [-0.39, 0.29) is 5.82 Å². The summed E-state index contributed by atoms with van der Waals surface area (Å²) >= 11 is 2.31. The average Bonchev–Trinajstić information content (AvgIpc) is 3.80. The van der Waals surface area contributed by atoms with E-state index in [1.807, 2.05) is 56.7 Å². The first-order valence-corrected chi connectivity index (χ1v) is 16.7. The number of H-pyrrole nitrogens is 2. The molecule has 0 amide bonds. The van der Waals surface area contributed by atoms with Crippen LogP contribution in [0.1, 0.15) is 12.8 Å². The number of hydrogen-bond acceptors (Lipinski definition) is 6. The Morgan fingerprint density at radius 3 is 2.54 bits per heavy atom. The van der Waals surface area contributed by atoms with E-state index < -0.39 is 0 Å². The maximum absolute atomic E-state index is 14.8. The molecule has 0 aliphatic carbocycles. The highest BCUT2D eigenvalue weighted by molar-refractivity contribution is 14.1. The number of ether oxygens (including phenoxy) is 2. The Kier molecular flexibility index (Phi) is 8.92. The van der Waals surface area contributed by atoms with Gasteiger partial charge in [-0.1, -0.05) is 12.1 Å². The molecule has 46 heavy (non-hydrogen) atoms. The van der Waals surface area contributed by atoms with Gasteiger partial charge in [-0.15, -0.1) is 0 Å². The van der Waals surface area contributed by atoms with E-state index in [0.717, 1.165) is 91.1 Å². The summed E-state index contributed by atoms with van der Waals surface area (Å²) in [7, 11) is 4.06. The van der Waals surface area contributed by atoms with E-state index in [1.165, 1.54) is 18.9 Å². The summed E-state index contributed by atoms with van der Waals surface area (Å²) in [5, 5.41) is 9.74. The summed E-state index contributed by atoms with van der Waals surface area (Å²) in [5.41, 5.74) is 6.94. The number of likely N-dealkylation sites (tertiary alicyclic amines) is 1. The van der Waals surface area contributed by atoms with Gasteiger partial charge in [-0.05, 0) is 122 Å². The summed E-state index contributed by atoms with van der Waals surface area (Å²) in [4.78, 5) is 12.8. The zero-order valence-electron chi connectivity index (χ0n) is 25.9. The van der Waals surface area contributed by atoms with Gasteiger partial charge in [0.1, 0.15) is 36.2 Å². The van der Waals surface area contributed by atoms with Crippen LogP contribution in [0.4, 0.5) is 4.39 Å². The van der Waals surface area contributed by atoms with Gasteiger partial charge in [0, 0.05) is 44.6 Å². The molecular formula is C36H36FIN6O2. The van der Waals surface area contributed by atoms with Crippen LogP contribution in [0.2, 0.25) is 0 Å². The highest BCUT2D eigenvalue weighted by Crippen LogP contribution is 2.36. The highest BCUT2D eigenvalue weighted by atomic mass is 127. The van der Waals surface area contributed by atoms with Crippen molar-refractivity contribution in [2.45, 2.75) is 12.8 Å². The first-order valence-electron chi connectivity index (χ1n) is 15.6. The largest absolute Gasteiger partial charge is 0.492 e. The van der Waals surface area contributed by atoms with Crippen molar-refractivity contribution in [3.63, 3.8) is 0 Å². The zero-order valence-corrected chi connectivity index (χ0v) is 28.1. The number of pyridine rings is 1. The minimum atomic E-state index is -0.318. The van der Waals surface area contributed by atoms with Crippen LogP contribution in [0.15, 0.2) is 72.9 Å². The van der Waals surface area contributed by atoms with Crippen molar-refractivity contribution >= 4 is 44.4 Å². The summed E-state index contributed by atoms with van der Waals surface area (Å²) in [6, 6.07) is 21.3. The molecule has 3 aromatic heterocycles. The molecule has 4 heterocycles. The van der Waals surface area contributed by atoms with E-state index in [2.05, 4.69) is 65.8 Å². The van der Waals surface area contributed by atoms with Gasteiger partial charge in [0.05, 0.1) is 23.1 Å². The molecule has 1 saturated heterocycles. The molecule has 1 aliphatic heterocycles. The van der Waals surface area contributed by atoms with Gasteiger partial charge in [-0.2, -0.15) is 5.10 Å². The molecule has 8 nitrogen and oxygen atoms in total. The molecular weight excluding hydrogens is 694 g/mol. The third-order valence-electron chi connectivity index (χ3n) is 8.40. The van der Waals surface area contributed by atoms with Gasteiger partial charge >= 0.3 is 0 Å². The molecule has 3 aromatic carbocycles. The van der Waals surface area contributed by atoms with Gasteiger partial charge in [0.15, 0.2) is 0 Å². The molecule has 236 valence electrons. The van der Waals surface area contributed by atoms with Crippen LogP contribution < -0.4 is 9.47 Å². The van der Waals surface area contributed by atoms with E-state index in [0.29, 0.717) is 19.0 Å². The van der Waals surface area contributed by atoms with Crippen molar-refractivity contribution in [1.29, 1.82) is 0 Å². The van der Waals surface area contributed by atoms with Crippen LogP contribution in [0.25, 0.3) is 55.6 Å². The fraction of sp³-hybridized carbons (Fsp3) is 0.278. The maximum Gasteiger partial charge on any atom is 0.127 e. The van der Waals surface area contributed by atoms with Gasteiger partial charge in [0.25, 0.3) is 0 Å². The predicted molar refractivity (Wildman–Crippen MR) is 190 cm³/mol. The number of nitrogens with one attached hydrogen (secondary N) is 2. The molecule has 0 spiro atoms. The molecule has 0 radical (unpaired) electrons. The van der Waals surface area contributed by atoms with E-state index >= 15 is 0 Å². The minimum absolute atomic E-state index is 0.318. The lowest BCUT2D eigenvalue weighted by Gasteiger charge is -2.15. The second-order valence-electron chi connectivity index (χ2n) is 12.0. The average molecular weight is 731 g/mol. The second-order valence-corrected chi connectivity index (χ2v) is 13.3. The van der Waals surface area contributed by atoms with Crippen molar-refractivity contribution in [2.75, 3.05) is 53.5 Å². The van der Waals surface area contributed by atoms with Crippen LogP contribution in [0, 0.1) is 9.39 Å². The maximum atomic E-state index is 14.8. The van der Waals surface area contributed by atoms with Crippen LogP contribution >= 0.6 is 22.6 Å². The SMILES string of the molecule is CN(C)CCOc1cc(I)cc(-c2cc3c(-c4cc5c(-c6cc(F)cc(OCCN7CCCC7)c6)cccc5[nH]4)n[nH]c3cn2)c1. The number of nitrogens with zero attached hydrogens (tertiary/aromatic N) is 4. The highest BCUT2D eigenvalue weighted by Gasteiger charge is 2.17. The van der Waals surface area contributed by atoms with Crippen LogP contribution in [-0.4, -0.2) is 83.5 Å². The molecule has 7 rings (SSSR count). The van der Waals surface area contributed by atoms with E-state index in [1.54, 1.807) is 6.07 Å². The lowest BCUT2D eigenvalue weighted by molar-refractivity contribution is 0.237.